The highest BCUT2D eigenvalue weighted by molar-refractivity contribution is 5.94. The van der Waals surface area contributed by atoms with Crippen molar-refractivity contribution >= 4 is 29.5 Å². The van der Waals surface area contributed by atoms with E-state index in [1.165, 1.54) is 5.56 Å². The van der Waals surface area contributed by atoms with Crippen LogP contribution in [0.5, 0.6) is 5.75 Å². The van der Waals surface area contributed by atoms with E-state index in [4.69, 9.17) is 9.57 Å². The number of likely N-dealkylation sites (N-methyl/N-ethyl adjacent to an activating group) is 2. The first-order chi connectivity index (χ1) is 26.2. The van der Waals surface area contributed by atoms with Crippen molar-refractivity contribution in [1.82, 2.24) is 20.6 Å². The van der Waals surface area contributed by atoms with Crippen molar-refractivity contribution in [2.45, 2.75) is 63.5 Å². The zero-order valence-corrected chi connectivity index (χ0v) is 31.4. The number of amides is 4. The molecular formula is C43H51N5O6. The van der Waals surface area contributed by atoms with Gasteiger partial charge in [0.15, 0.2) is 0 Å². The molecular weight excluding hydrogens is 683 g/mol. The third kappa shape index (κ3) is 12.3. The summed E-state index contributed by atoms with van der Waals surface area (Å²) in [6, 6.07) is 33.0. The number of rotatable bonds is 19. The summed E-state index contributed by atoms with van der Waals surface area (Å²) in [6.07, 6.45) is 4.67. The first kappa shape index (κ1) is 39.7. The zero-order valence-electron chi connectivity index (χ0n) is 31.4. The third-order valence-corrected chi connectivity index (χ3v) is 9.64. The fourth-order valence-electron chi connectivity index (χ4n) is 6.23. The van der Waals surface area contributed by atoms with Gasteiger partial charge in [0.05, 0.1) is 6.61 Å². The van der Waals surface area contributed by atoms with E-state index in [0.717, 1.165) is 61.0 Å². The Bertz CT molecular complexity index is 1820. The van der Waals surface area contributed by atoms with Crippen LogP contribution in [-0.2, 0) is 21.0 Å². The van der Waals surface area contributed by atoms with E-state index in [0.29, 0.717) is 42.7 Å². The predicted octanol–water partition coefficient (Wildman–Crippen LogP) is 7.16. The molecule has 11 nitrogen and oxygen atoms in total. The number of ether oxygens (including phenoxy) is 1. The summed E-state index contributed by atoms with van der Waals surface area (Å²) in [7, 11) is 5.45. The molecule has 5 rings (SSSR count). The standard InChI is InChI=1S/C43H51N5O6/c1-44-42(51)35-23-19-33(20-24-35)32-17-21-34(22-18-32)38-29-39(38)47(2)27-28-48(3)43(52)54-37-25-15-31(16-26-37)30-53-46-41(50)14-10-5-4-9-13-40(49)45-36-11-7-6-8-12-36/h6-8,11-12,15-26,38-39H,4-5,9-10,13-14,27-30H2,1-3H3,(H,44,51)(H,45,49)(H,46,50). The van der Waals surface area contributed by atoms with E-state index >= 15 is 0 Å². The summed E-state index contributed by atoms with van der Waals surface area (Å²) >= 11 is 0. The number of hydrogen-bond donors (Lipinski definition) is 3. The minimum atomic E-state index is -0.429. The first-order valence-electron chi connectivity index (χ1n) is 18.6. The van der Waals surface area contributed by atoms with Crippen LogP contribution < -0.4 is 20.9 Å². The van der Waals surface area contributed by atoms with E-state index in [1.807, 2.05) is 54.6 Å². The SMILES string of the molecule is CNC(=O)c1ccc(-c2ccc(C3CC3N(C)CCN(C)C(=O)Oc3ccc(CONC(=O)CCCCCCC(=O)Nc4ccccc4)cc3)cc2)cc1. The molecule has 0 aromatic heterocycles. The Morgan fingerprint density at radius 1 is 0.722 bits per heavy atom. The van der Waals surface area contributed by atoms with Gasteiger partial charge in [-0.1, -0.05) is 79.6 Å². The van der Waals surface area contributed by atoms with Crippen LogP contribution in [-0.4, -0.2) is 73.9 Å². The van der Waals surface area contributed by atoms with E-state index in [9.17, 15) is 19.2 Å². The topological polar surface area (TPSA) is 129 Å². The van der Waals surface area contributed by atoms with Crippen LogP contribution in [0.2, 0.25) is 0 Å². The number of anilines is 1. The van der Waals surface area contributed by atoms with Gasteiger partial charge in [0.1, 0.15) is 5.75 Å². The number of nitrogens with zero attached hydrogens (tertiary/aromatic N) is 2. The Kier molecular flexibility index (Phi) is 14.8. The Morgan fingerprint density at radius 3 is 2.00 bits per heavy atom. The number of carbonyl (C=O) groups excluding carboxylic acids is 4. The van der Waals surface area contributed by atoms with Gasteiger partial charge < -0.3 is 25.2 Å². The summed E-state index contributed by atoms with van der Waals surface area (Å²) < 4.78 is 5.57. The number of hydrogen-bond acceptors (Lipinski definition) is 7. The fourth-order valence-corrected chi connectivity index (χ4v) is 6.23. The van der Waals surface area contributed by atoms with Gasteiger partial charge in [-0.25, -0.2) is 10.3 Å². The number of nitrogens with one attached hydrogen (secondary N) is 3. The molecule has 2 unspecified atom stereocenters. The van der Waals surface area contributed by atoms with E-state index in [2.05, 4.69) is 52.3 Å². The molecule has 0 spiro atoms. The molecule has 1 saturated carbocycles. The molecule has 4 aromatic rings. The first-order valence-corrected chi connectivity index (χ1v) is 18.6. The molecule has 0 bridgehead atoms. The van der Waals surface area contributed by atoms with Crippen molar-refractivity contribution in [1.29, 1.82) is 0 Å². The summed E-state index contributed by atoms with van der Waals surface area (Å²) in [5.74, 6) is 0.597. The quantitative estimate of drug-likeness (QED) is 0.0689. The number of para-hydroxylation sites is 1. The Labute approximate surface area is 318 Å². The van der Waals surface area contributed by atoms with Crippen molar-refractivity contribution < 1.29 is 28.8 Å². The average Bonchev–Trinajstić information content (AvgIpc) is 4.00. The smallest absolute Gasteiger partial charge is 0.410 e. The number of benzene rings is 4. The number of hydroxylamine groups is 1. The minimum absolute atomic E-state index is 0.00177. The zero-order chi connectivity index (χ0) is 38.3. The van der Waals surface area contributed by atoms with Crippen LogP contribution in [0.1, 0.15) is 72.3 Å². The van der Waals surface area contributed by atoms with Crippen LogP contribution in [0, 0.1) is 0 Å². The van der Waals surface area contributed by atoms with Crippen LogP contribution in [0.15, 0.2) is 103 Å². The second-order valence-electron chi connectivity index (χ2n) is 13.7. The molecule has 284 valence electrons. The molecule has 11 heteroatoms. The van der Waals surface area contributed by atoms with Gasteiger partial charge in [-0.15, -0.1) is 0 Å². The maximum Gasteiger partial charge on any atom is 0.415 e. The molecule has 0 radical (unpaired) electrons. The number of unbranched alkanes of at least 4 members (excludes halogenated alkanes) is 3. The molecule has 4 amide bonds. The van der Waals surface area contributed by atoms with Gasteiger partial charge in [-0.3, -0.25) is 19.2 Å². The Balaban J connectivity index is 0.916. The maximum absolute atomic E-state index is 12.8. The monoisotopic (exact) mass is 733 g/mol. The Hall–Kier alpha value is -5.52. The summed E-state index contributed by atoms with van der Waals surface area (Å²) in [4.78, 5) is 58.0. The van der Waals surface area contributed by atoms with Crippen LogP contribution >= 0.6 is 0 Å². The predicted molar refractivity (Wildman–Crippen MR) is 210 cm³/mol. The normalized spacial score (nSPS) is 14.6. The molecule has 0 aliphatic heterocycles. The van der Waals surface area contributed by atoms with E-state index in [-0.39, 0.29) is 24.3 Å². The maximum atomic E-state index is 12.8. The van der Waals surface area contributed by atoms with Crippen molar-refractivity contribution in [2.24, 2.45) is 0 Å². The third-order valence-electron chi connectivity index (χ3n) is 9.64. The highest BCUT2D eigenvalue weighted by Crippen LogP contribution is 2.44. The van der Waals surface area contributed by atoms with Gasteiger partial charge in [0, 0.05) is 63.2 Å². The summed E-state index contributed by atoms with van der Waals surface area (Å²) in [5.41, 5.74) is 8.22. The molecule has 1 fully saturated rings. The minimum Gasteiger partial charge on any atom is -0.410 e. The highest BCUT2D eigenvalue weighted by Gasteiger charge is 2.41. The molecule has 2 atom stereocenters. The van der Waals surface area contributed by atoms with Gasteiger partial charge in [0.25, 0.3) is 5.91 Å². The molecule has 54 heavy (non-hydrogen) atoms. The van der Waals surface area contributed by atoms with Crippen molar-refractivity contribution in [3.8, 4) is 16.9 Å². The second-order valence-corrected chi connectivity index (χ2v) is 13.7. The Morgan fingerprint density at radius 2 is 1.35 bits per heavy atom. The van der Waals surface area contributed by atoms with Gasteiger partial charge in [-0.05, 0) is 85.0 Å². The highest BCUT2D eigenvalue weighted by atomic mass is 16.6. The van der Waals surface area contributed by atoms with Crippen molar-refractivity contribution in [2.75, 3.05) is 39.5 Å². The lowest BCUT2D eigenvalue weighted by molar-refractivity contribution is -0.134. The van der Waals surface area contributed by atoms with Crippen molar-refractivity contribution in [3.05, 3.63) is 120 Å². The van der Waals surface area contributed by atoms with Gasteiger partial charge in [-0.2, -0.15) is 0 Å². The summed E-state index contributed by atoms with van der Waals surface area (Å²) in [6.45, 7) is 1.43. The van der Waals surface area contributed by atoms with Gasteiger partial charge >= 0.3 is 6.09 Å². The molecule has 4 aromatic carbocycles. The molecule has 0 saturated heterocycles. The molecule has 3 N–H and O–H groups in total. The molecule has 1 aliphatic rings. The summed E-state index contributed by atoms with van der Waals surface area (Å²) in [5, 5.41) is 5.52. The lowest BCUT2D eigenvalue weighted by atomic mass is 10.0. The second kappa shape index (κ2) is 20.1. The van der Waals surface area contributed by atoms with Gasteiger partial charge in [0.2, 0.25) is 11.8 Å². The van der Waals surface area contributed by atoms with E-state index in [1.54, 1.807) is 43.3 Å². The molecule has 1 aliphatic carbocycles. The van der Waals surface area contributed by atoms with Crippen molar-refractivity contribution in [3.63, 3.8) is 0 Å². The largest absolute Gasteiger partial charge is 0.415 e. The lowest BCUT2D eigenvalue weighted by Gasteiger charge is -2.22. The average molecular weight is 734 g/mol. The lowest BCUT2D eigenvalue weighted by Crippen LogP contribution is -2.37. The number of carbonyl (C=O) groups is 4. The van der Waals surface area contributed by atoms with Crippen LogP contribution in [0.25, 0.3) is 11.1 Å². The van der Waals surface area contributed by atoms with E-state index < -0.39 is 6.09 Å². The van der Waals surface area contributed by atoms with Crippen LogP contribution in [0.3, 0.4) is 0 Å². The fraction of sp³-hybridized carbons (Fsp3) is 0.349. The molecule has 0 heterocycles. The van der Waals surface area contributed by atoms with Crippen LogP contribution in [0.4, 0.5) is 10.5 Å².